The number of carboxylic acid groups (broad SMARTS) is 2. The van der Waals surface area contributed by atoms with Crippen LogP contribution in [0.3, 0.4) is 0 Å². The first-order chi connectivity index (χ1) is 8.20. The van der Waals surface area contributed by atoms with Gasteiger partial charge >= 0.3 is 0 Å². The summed E-state index contributed by atoms with van der Waals surface area (Å²) in [6.07, 6.45) is 0.461. The van der Waals surface area contributed by atoms with Crippen molar-refractivity contribution in [2.75, 3.05) is 0 Å². The largest absolute Gasteiger partial charge is 0.481 e. The molecule has 0 fully saturated rings. The van der Waals surface area contributed by atoms with Gasteiger partial charge in [0, 0.05) is 19.4 Å². The molecule has 18 heavy (non-hydrogen) atoms. The van der Waals surface area contributed by atoms with Gasteiger partial charge in [-0.3, -0.25) is 14.4 Å². The van der Waals surface area contributed by atoms with Gasteiger partial charge in [0.25, 0.3) is 11.9 Å². The smallest absolute Gasteiger partial charge is 0.300 e. The van der Waals surface area contributed by atoms with Crippen LogP contribution in [-0.4, -0.2) is 28.4 Å². The molecule has 100 valence electrons. The summed E-state index contributed by atoms with van der Waals surface area (Å²) in [5, 5.41) is 14.8. The predicted octanol–water partition coefficient (Wildman–Crippen LogP) is 1.96. The zero-order valence-corrected chi connectivity index (χ0v) is 9.68. The molecule has 1 aromatic rings. The molecule has 0 bridgehead atoms. The molecule has 0 atom stereocenters. The first-order valence-corrected chi connectivity index (χ1v) is 4.50. The van der Waals surface area contributed by atoms with Crippen molar-refractivity contribution in [3.63, 3.8) is 0 Å². The summed E-state index contributed by atoms with van der Waals surface area (Å²) in [5.74, 6) is -3.60. The summed E-state index contributed by atoms with van der Waals surface area (Å²) in [4.78, 5) is 28.0. The Hall–Kier alpha value is -2.31. The van der Waals surface area contributed by atoms with Gasteiger partial charge in [0.1, 0.15) is 6.29 Å². The van der Waals surface area contributed by atoms with Gasteiger partial charge in [-0.15, -0.1) is 0 Å². The van der Waals surface area contributed by atoms with E-state index in [1.807, 2.05) is 0 Å². The minimum Gasteiger partial charge on any atom is -0.481 e. The Balaban J connectivity index is 0. The number of hydrogen-bond donors (Lipinski definition) is 2. The van der Waals surface area contributed by atoms with E-state index in [1.165, 1.54) is 6.07 Å². The molecule has 0 aliphatic carbocycles. The summed E-state index contributed by atoms with van der Waals surface area (Å²) < 4.78 is 24.4. The van der Waals surface area contributed by atoms with E-state index >= 15 is 0 Å². The fourth-order valence-electron chi connectivity index (χ4n) is 0.586. The second-order valence-corrected chi connectivity index (χ2v) is 2.83. The lowest BCUT2D eigenvalue weighted by Crippen LogP contribution is -1.86. The second kappa shape index (κ2) is 9.88. The fourth-order valence-corrected chi connectivity index (χ4v) is 0.586. The molecule has 0 unspecified atom stereocenters. The molecule has 0 amide bonds. The van der Waals surface area contributed by atoms with Gasteiger partial charge in [-0.2, -0.15) is 0 Å². The number of hydrogen-bond acceptors (Lipinski definition) is 3. The molecule has 0 spiro atoms. The normalized spacial score (nSPS) is 8.00. The summed E-state index contributed by atoms with van der Waals surface area (Å²) in [6, 6.07) is 2.98. The van der Waals surface area contributed by atoms with Crippen LogP contribution in [0.5, 0.6) is 0 Å². The van der Waals surface area contributed by atoms with E-state index in [2.05, 4.69) is 0 Å². The minimum atomic E-state index is -0.996. The maximum absolute atomic E-state index is 12.2. The number of rotatable bonds is 1. The van der Waals surface area contributed by atoms with Crippen molar-refractivity contribution in [3.05, 3.63) is 35.4 Å². The van der Waals surface area contributed by atoms with Gasteiger partial charge in [0.15, 0.2) is 11.6 Å². The molecule has 0 radical (unpaired) electrons. The predicted molar refractivity (Wildman–Crippen MR) is 58.4 cm³/mol. The van der Waals surface area contributed by atoms with E-state index in [-0.39, 0.29) is 5.56 Å². The second-order valence-electron chi connectivity index (χ2n) is 2.83. The van der Waals surface area contributed by atoms with Crippen molar-refractivity contribution in [2.45, 2.75) is 13.8 Å². The maximum Gasteiger partial charge on any atom is 0.300 e. The Labute approximate surface area is 102 Å². The van der Waals surface area contributed by atoms with Crippen LogP contribution in [-0.2, 0) is 9.59 Å². The molecule has 0 aliphatic rings. The summed E-state index contributed by atoms with van der Waals surface area (Å²) >= 11 is 0. The third kappa shape index (κ3) is 13.7. The third-order valence-corrected chi connectivity index (χ3v) is 1.08. The Bertz CT molecular complexity index is 398. The summed E-state index contributed by atoms with van der Waals surface area (Å²) in [7, 11) is 0. The van der Waals surface area contributed by atoms with Crippen molar-refractivity contribution in [1.82, 2.24) is 0 Å². The number of halogens is 2. The van der Waals surface area contributed by atoms with Gasteiger partial charge in [-0.25, -0.2) is 8.78 Å². The van der Waals surface area contributed by atoms with E-state index in [1.54, 1.807) is 0 Å². The fraction of sp³-hybridized carbons (Fsp3) is 0.182. The van der Waals surface area contributed by atoms with Crippen molar-refractivity contribution in [1.29, 1.82) is 0 Å². The highest BCUT2D eigenvalue weighted by Gasteiger charge is 1.99. The van der Waals surface area contributed by atoms with Gasteiger partial charge < -0.3 is 10.2 Å². The molecule has 1 aromatic carbocycles. The molecule has 0 aromatic heterocycles. The zero-order chi connectivity index (χ0) is 14.7. The van der Waals surface area contributed by atoms with Crippen LogP contribution in [0.15, 0.2) is 18.2 Å². The molecule has 0 saturated heterocycles. The maximum atomic E-state index is 12.2. The highest BCUT2D eigenvalue weighted by atomic mass is 19.2. The van der Waals surface area contributed by atoms with Crippen LogP contribution in [0.2, 0.25) is 0 Å². The van der Waals surface area contributed by atoms with Gasteiger partial charge in [0.05, 0.1) is 0 Å². The molecule has 0 saturated carbocycles. The Morgan fingerprint density at radius 1 is 1.06 bits per heavy atom. The Kier molecular flexibility index (Phi) is 9.92. The molecular weight excluding hydrogens is 250 g/mol. The van der Waals surface area contributed by atoms with Crippen LogP contribution >= 0.6 is 0 Å². The monoisotopic (exact) mass is 262 g/mol. The number of carboxylic acids is 2. The number of benzene rings is 1. The SMILES string of the molecule is CC(=O)O.CC(=O)O.O=Cc1ccc(F)c(F)c1. The molecule has 0 aliphatic heterocycles. The first kappa shape index (κ1) is 18.1. The number of aliphatic carboxylic acids is 2. The molecular formula is C11H12F2O5. The van der Waals surface area contributed by atoms with Crippen LogP contribution < -0.4 is 0 Å². The highest BCUT2D eigenvalue weighted by Crippen LogP contribution is 2.06. The molecule has 5 nitrogen and oxygen atoms in total. The van der Waals surface area contributed by atoms with E-state index in [4.69, 9.17) is 19.8 Å². The van der Waals surface area contributed by atoms with Crippen molar-refractivity contribution in [2.24, 2.45) is 0 Å². The first-order valence-electron chi connectivity index (χ1n) is 4.50. The minimum absolute atomic E-state index is 0.138. The lowest BCUT2D eigenvalue weighted by molar-refractivity contribution is -0.135. The molecule has 1 rings (SSSR count). The zero-order valence-electron chi connectivity index (χ0n) is 9.68. The topological polar surface area (TPSA) is 91.7 Å². The van der Waals surface area contributed by atoms with Crippen LogP contribution in [0.4, 0.5) is 8.78 Å². The average Bonchev–Trinajstić information content (AvgIpc) is 2.20. The molecule has 2 N–H and O–H groups in total. The van der Waals surface area contributed by atoms with Gasteiger partial charge in [-0.1, -0.05) is 0 Å². The van der Waals surface area contributed by atoms with E-state index in [0.717, 1.165) is 26.0 Å². The Morgan fingerprint density at radius 2 is 1.44 bits per heavy atom. The molecule has 7 heteroatoms. The average molecular weight is 262 g/mol. The van der Waals surface area contributed by atoms with E-state index in [0.29, 0.717) is 6.29 Å². The van der Waals surface area contributed by atoms with Crippen molar-refractivity contribution < 1.29 is 33.4 Å². The Morgan fingerprint density at radius 3 is 1.72 bits per heavy atom. The van der Waals surface area contributed by atoms with Crippen LogP contribution in [0.25, 0.3) is 0 Å². The number of carbonyl (C=O) groups is 3. The number of carbonyl (C=O) groups excluding carboxylic acids is 1. The lowest BCUT2D eigenvalue weighted by Gasteiger charge is -1.91. The standard InChI is InChI=1S/C7H4F2O.2C2H4O2/c8-6-2-1-5(4-10)3-7(6)9;2*1-2(3)4/h1-4H;2*1H3,(H,3,4). The summed E-state index contributed by atoms with van der Waals surface area (Å²) in [5.41, 5.74) is 0.138. The van der Waals surface area contributed by atoms with Crippen LogP contribution in [0.1, 0.15) is 24.2 Å². The summed E-state index contributed by atoms with van der Waals surface area (Å²) in [6.45, 7) is 2.17. The number of aldehydes is 1. The van der Waals surface area contributed by atoms with Gasteiger partial charge in [0.2, 0.25) is 0 Å². The van der Waals surface area contributed by atoms with E-state index in [9.17, 15) is 13.6 Å². The lowest BCUT2D eigenvalue weighted by atomic mass is 10.2. The van der Waals surface area contributed by atoms with Gasteiger partial charge in [-0.05, 0) is 18.2 Å². The molecule has 0 heterocycles. The third-order valence-electron chi connectivity index (χ3n) is 1.08. The quantitative estimate of drug-likeness (QED) is 0.755. The van der Waals surface area contributed by atoms with E-state index < -0.39 is 23.6 Å². The van der Waals surface area contributed by atoms with Crippen LogP contribution in [0, 0.1) is 11.6 Å². The van der Waals surface area contributed by atoms with Crippen molar-refractivity contribution >= 4 is 18.2 Å². The van der Waals surface area contributed by atoms with Crippen molar-refractivity contribution in [3.8, 4) is 0 Å². The highest BCUT2D eigenvalue weighted by molar-refractivity contribution is 5.74.